The number of anilines is 1. The molecule has 1 saturated heterocycles. The molecule has 0 unspecified atom stereocenters. The molecule has 1 fully saturated rings. The molecule has 0 radical (unpaired) electrons. The fourth-order valence-electron chi connectivity index (χ4n) is 2.24. The standard InChI is InChI=1S/C12H17F3N4O/c1-8(2)18-6-10(7-18)19(11(20)12(13,14)15)9-4-16-17(3)5-9/h4-5,8,10H,6-7H2,1-3H3. The number of carbonyl (C=O) groups excluding carboxylic acids is 1. The van der Waals surface area contributed by atoms with Crippen LogP contribution < -0.4 is 4.90 Å². The molecule has 0 saturated carbocycles. The summed E-state index contributed by atoms with van der Waals surface area (Å²) in [4.78, 5) is 14.5. The van der Waals surface area contributed by atoms with Gasteiger partial charge in [0.15, 0.2) is 0 Å². The summed E-state index contributed by atoms with van der Waals surface area (Å²) in [7, 11) is 1.60. The predicted octanol–water partition coefficient (Wildman–Crippen LogP) is 1.41. The second-order valence-electron chi connectivity index (χ2n) is 5.25. The van der Waals surface area contributed by atoms with E-state index in [0.29, 0.717) is 13.1 Å². The number of nitrogens with zero attached hydrogens (tertiary/aromatic N) is 4. The summed E-state index contributed by atoms with van der Waals surface area (Å²) in [5, 5.41) is 3.84. The summed E-state index contributed by atoms with van der Waals surface area (Å²) in [6.07, 6.45) is -2.18. The van der Waals surface area contributed by atoms with Crippen LogP contribution in [0.15, 0.2) is 12.4 Å². The van der Waals surface area contributed by atoms with E-state index in [9.17, 15) is 18.0 Å². The second-order valence-corrected chi connectivity index (χ2v) is 5.25. The van der Waals surface area contributed by atoms with Gasteiger partial charge in [-0.15, -0.1) is 0 Å². The van der Waals surface area contributed by atoms with Gasteiger partial charge in [-0.1, -0.05) is 0 Å². The molecule has 8 heteroatoms. The molecule has 0 aromatic carbocycles. The maximum absolute atomic E-state index is 12.7. The topological polar surface area (TPSA) is 41.4 Å². The molecule has 1 aliphatic rings. The van der Waals surface area contributed by atoms with Crippen molar-refractivity contribution < 1.29 is 18.0 Å². The lowest BCUT2D eigenvalue weighted by molar-refractivity contribution is -0.171. The van der Waals surface area contributed by atoms with Gasteiger partial charge in [0.2, 0.25) is 0 Å². The van der Waals surface area contributed by atoms with Crippen LogP contribution in [0.1, 0.15) is 13.8 Å². The average molecular weight is 290 g/mol. The van der Waals surface area contributed by atoms with E-state index in [-0.39, 0.29) is 11.7 Å². The number of amides is 1. The van der Waals surface area contributed by atoms with E-state index in [1.54, 1.807) is 7.05 Å². The number of rotatable bonds is 3. The van der Waals surface area contributed by atoms with E-state index < -0.39 is 18.1 Å². The number of alkyl halides is 3. The summed E-state index contributed by atoms with van der Waals surface area (Å²) in [5.41, 5.74) is 0.184. The largest absolute Gasteiger partial charge is 0.471 e. The molecule has 5 nitrogen and oxygen atoms in total. The highest BCUT2D eigenvalue weighted by Crippen LogP contribution is 2.29. The van der Waals surface area contributed by atoms with Gasteiger partial charge in [0.1, 0.15) is 0 Å². The molecule has 20 heavy (non-hydrogen) atoms. The van der Waals surface area contributed by atoms with Crippen molar-refractivity contribution in [1.29, 1.82) is 0 Å². The van der Waals surface area contributed by atoms with E-state index >= 15 is 0 Å². The Balaban J connectivity index is 2.21. The Morgan fingerprint density at radius 1 is 1.45 bits per heavy atom. The molecule has 2 rings (SSSR count). The van der Waals surface area contributed by atoms with Crippen molar-refractivity contribution in [2.45, 2.75) is 32.1 Å². The summed E-state index contributed by atoms with van der Waals surface area (Å²) in [5.74, 6) is -1.83. The zero-order valence-corrected chi connectivity index (χ0v) is 11.6. The van der Waals surface area contributed by atoms with Crippen LogP contribution in [-0.4, -0.2) is 51.9 Å². The molecule has 112 valence electrons. The third kappa shape index (κ3) is 2.79. The van der Waals surface area contributed by atoms with Gasteiger partial charge in [-0.05, 0) is 13.8 Å². The summed E-state index contributed by atoms with van der Waals surface area (Å²) in [6.45, 7) is 4.81. The van der Waals surface area contributed by atoms with Gasteiger partial charge >= 0.3 is 12.1 Å². The maximum atomic E-state index is 12.7. The Morgan fingerprint density at radius 3 is 2.45 bits per heavy atom. The fourth-order valence-corrected chi connectivity index (χ4v) is 2.24. The molecule has 0 spiro atoms. The number of halogens is 3. The van der Waals surface area contributed by atoms with Crippen LogP contribution in [0.2, 0.25) is 0 Å². The van der Waals surface area contributed by atoms with Crippen LogP contribution in [0, 0.1) is 0 Å². The van der Waals surface area contributed by atoms with Crippen molar-refractivity contribution >= 4 is 11.6 Å². The summed E-state index contributed by atoms with van der Waals surface area (Å²) < 4.78 is 39.6. The molecular weight excluding hydrogens is 273 g/mol. The minimum Gasteiger partial charge on any atom is -0.297 e. The van der Waals surface area contributed by atoms with Crippen LogP contribution in [0.4, 0.5) is 18.9 Å². The smallest absolute Gasteiger partial charge is 0.297 e. The van der Waals surface area contributed by atoms with Crippen LogP contribution in [0.3, 0.4) is 0 Å². The normalized spacial score (nSPS) is 17.4. The molecule has 0 N–H and O–H groups in total. The number of carbonyl (C=O) groups is 1. The van der Waals surface area contributed by atoms with E-state index in [2.05, 4.69) is 5.10 Å². The number of aryl methyl sites for hydroxylation is 1. The number of likely N-dealkylation sites (tertiary alicyclic amines) is 1. The van der Waals surface area contributed by atoms with Gasteiger partial charge in [-0.25, -0.2) is 0 Å². The number of hydrogen-bond donors (Lipinski definition) is 0. The van der Waals surface area contributed by atoms with Crippen LogP contribution >= 0.6 is 0 Å². The molecule has 0 atom stereocenters. The zero-order chi connectivity index (χ0) is 15.1. The second kappa shape index (κ2) is 5.08. The molecular formula is C12H17F3N4O. The first-order valence-corrected chi connectivity index (χ1v) is 6.33. The van der Waals surface area contributed by atoms with Crippen molar-refractivity contribution in [3.8, 4) is 0 Å². The minimum atomic E-state index is -4.88. The monoisotopic (exact) mass is 290 g/mol. The third-order valence-corrected chi connectivity index (χ3v) is 3.42. The first-order chi connectivity index (χ1) is 9.20. The average Bonchev–Trinajstić information content (AvgIpc) is 2.66. The van der Waals surface area contributed by atoms with Crippen LogP contribution in [0.5, 0.6) is 0 Å². The van der Waals surface area contributed by atoms with Crippen molar-refractivity contribution in [1.82, 2.24) is 14.7 Å². The molecule has 0 bridgehead atoms. The van der Waals surface area contributed by atoms with Crippen molar-refractivity contribution in [3.05, 3.63) is 12.4 Å². The highest BCUT2D eigenvalue weighted by molar-refractivity contribution is 5.97. The molecule has 1 aromatic rings. The SMILES string of the molecule is CC(C)N1CC(N(C(=O)C(F)(F)F)c2cnn(C)c2)C1. The predicted molar refractivity (Wildman–Crippen MR) is 67.2 cm³/mol. The number of aromatic nitrogens is 2. The lowest BCUT2D eigenvalue weighted by atomic mass is 10.0. The van der Waals surface area contributed by atoms with Gasteiger partial charge in [0, 0.05) is 32.4 Å². The first kappa shape index (κ1) is 14.8. The Morgan fingerprint density at radius 2 is 2.05 bits per heavy atom. The lowest BCUT2D eigenvalue weighted by Gasteiger charge is -2.46. The highest BCUT2D eigenvalue weighted by Gasteiger charge is 2.48. The lowest BCUT2D eigenvalue weighted by Crippen LogP contribution is -2.64. The van der Waals surface area contributed by atoms with Crippen molar-refractivity contribution in [3.63, 3.8) is 0 Å². The third-order valence-electron chi connectivity index (χ3n) is 3.42. The van der Waals surface area contributed by atoms with Gasteiger partial charge < -0.3 is 0 Å². The van der Waals surface area contributed by atoms with Crippen molar-refractivity contribution in [2.24, 2.45) is 7.05 Å². The summed E-state index contributed by atoms with van der Waals surface area (Å²) >= 11 is 0. The maximum Gasteiger partial charge on any atom is 0.471 e. The van der Waals surface area contributed by atoms with Gasteiger partial charge in [-0.3, -0.25) is 19.3 Å². The fraction of sp³-hybridized carbons (Fsp3) is 0.667. The van der Waals surface area contributed by atoms with Gasteiger partial charge in [-0.2, -0.15) is 18.3 Å². The molecule has 1 aliphatic heterocycles. The van der Waals surface area contributed by atoms with Crippen molar-refractivity contribution in [2.75, 3.05) is 18.0 Å². The molecule has 0 aliphatic carbocycles. The van der Waals surface area contributed by atoms with Crippen LogP contribution in [0.25, 0.3) is 0 Å². The summed E-state index contributed by atoms with van der Waals surface area (Å²) in [6, 6.07) is -0.210. The quantitative estimate of drug-likeness (QED) is 0.845. The zero-order valence-electron chi connectivity index (χ0n) is 11.6. The first-order valence-electron chi connectivity index (χ1n) is 6.33. The Hall–Kier alpha value is -1.57. The Bertz CT molecular complexity index is 491. The van der Waals surface area contributed by atoms with E-state index in [4.69, 9.17) is 0 Å². The van der Waals surface area contributed by atoms with Gasteiger partial charge in [0.05, 0.1) is 17.9 Å². The number of hydrogen-bond acceptors (Lipinski definition) is 3. The van der Waals surface area contributed by atoms with E-state index in [1.165, 1.54) is 17.1 Å². The molecule has 2 heterocycles. The molecule has 1 amide bonds. The van der Waals surface area contributed by atoms with Crippen LogP contribution in [-0.2, 0) is 11.8 Å². The Kier molecular flexibility index (Phi) is 3.77. The van der Waals surface area contributed by atoms with Gasteiger partial charge in [0.25, 0.3) is 0 Å². The highest BCUT2D eigenvalue weighted by atomic mass is 19.4. The van der Waals surface area contributed by atoms with E-state index in [1.807, 2.05) is 18.7 Å². The Labute approximate surface area is 114 Å². The molecule has 1 aromatic heterocycles. The minimum absolute atomic E-state index is 0.184. The van der Waals surface area contributed by atoms with E-state index in [0.717, 1.165) is 4.90 Å².